The van der Waals surface area contributed by atoms with Gasteiger partial charge in [-0.2, -0.15) is 0 Å². The first-order valence-electron chi connectivity index (χ1n) is 9.21. The van der Waals surface area contributed by atoms with Crippen LogP contribution in [0.1, 0.15) is 25.3 Å². The summed E-state index contributed by atoms with van der Waals surface area (Å²) in [5.74, 6) is 0.563. The summed E-state index contributed by atoms with van der Waals surface area (Å²) >= 11 is 0. The second kappa shape index (κ2) is 6.88. The van der Waals surface area contributed by atoms with Crippen LogP contribution in [0.25, 0.3) is 0 Å². The fourth-order valence-corrected chi connectivity index (χ4v) is 4.86. The van der Waals surface area contributed by atoms with Crippen molar-refractivity contribution >= 4 is 33.0 Å². The van der Waals surface area contributed by atoms with Gasteiger partial charge in [0, 0.05) is 30.2 Å². The summed E-state index contributed by atoms with van der Waals surface area (Å²) in [4.78, 5) is 14.0. The Hall–Kier alpha value is -2.54. The fraction of sp³-hybridized carbons (Fsp3) is 0.350. The first-order chi connectivity index (χ1) is 12.9. The van der Waals surface area contributed by atoms with E-state index in [2.05, 4.69) is 21.9 Å². The highest BCUT2D eigenvalue weighted by Gasteiger charge is 2.22. The smallest absolute Gasteiger partial charge is 0.261 e. The number of fused-ring (bicyclic) bond motifs is 1. The third-order valence-corrected chi connectivity index (χ3v) is 6.53. The maximum atomic E-state index is 12.7. The van der Waals surface area contributed by atoms with Crippen molar-refractivity contribution in [2.75, 3.05) is 28.0 Å². The van der Waals surface area contributed by atoms with Crippen LogP contribution in [0.3, 0.4) is 0 Å². The molecule has 0 bridgehead atoms. The molecule has 6 nitrogen and oxygen atoms in total. The lowest BCUT2D eigenvalue weighted by molar-refractivity contribution is -0.115. The molecule has 2 aliphatic heterocycles. The van der Waals surface area contributed by atoms with Crippen LogP contribution in [0, 0.1) is 5.92 Å². The molecule has 2 N–H and O–H groups in total. The van der Waals surface area contributed by atoms with Crippen LogP contribution in [0.4, 0.5) is 17.1 Å². The van der Waals surface area contributed by atoms with Gasteiger partial charge in [0.25, 0.3) is 10.0 Å². The van der Waals surface area contributed by atoms with Crippen LogP contribution in [0.5, 0.6) is 0 Å². The van der Waals surface area contributed by atoms with Gasteiger partial charge in [-0.25, -0.2) is 8.42 Å². The Morgan fingerprint density at radius 1 is 1.15 bits per heavy atom. The Morgan fingerprint density at radius 3 is 2.67 bits per heavy atom. The minimum Gasteiger partial charge on any atom is -0.371 e. The second-order valence-corrected chi connectivity index (χ2v) is 9.07. The summed E-state index contributed by atoms with van der Waals surface area (Å²) < 4.78 is 28.0. The molecule has 27 heavy (non-hydrogen) atoms. The van der Waals surface area contributed by atoms with E-state index in [4.69, 9.17) is 0 Å². The standard InChI is InChI=1S/C20H23N3O3S/c1-14-3-2-10-23(13-14)17-6-4-16(5-7-17)22-27(25,26)18-8-9-19-15(11-18)12-20(24)21-19/h4-9,11,14,22H,2-3,10,12-13H2,1H3,(H,21,24). The van der Waals surface area contributed by atoms with E-state index in [-0.39, 0.29) is 17.2 Å². The van der Waals surface area contributed by atoms with Crippen LogP contribution in [0.2, 0.25) is 0 Å². The number of nitrogens with one attached hydrogen (secondary N) is 2. The molecule has 2 heterocycles. The van der Waals surface area contributed by atoms with E-state index in [0.717, 1.165) is 18.8 Å². The zero-order chi connectivity index (χ0) is 19.0. The average molecular weight is 385 g/mol. The van der Waals surface area contributed by atoms with Crippen LogP contribution in [-0.2, 0) is 21.2 Å². The highest BCUT2D eigenvalue weighted by molar-refractivity contribution is 7.92. The molecule has 0 spiro atoms. The van der Waals surface area contributed by atoms with Crippen molar-refractivity contribution in [1.29, 1.82) is 0 Å². The van der Waals surface area contributed by atoms with Crippen LogP contribution in [-0.4, -0.2) is 27.4 Å². The number of piperidine rings is 1. The zero-order valence-electron chi connectivity index (χ0n) is 15.2. The number of hydrogen-bond donors (Lipinski definition) is 2. The summed E-state index contributed by atoms with van der Waals surface area (Å²) in [5.41, 5.74) is 3.03. The molecule has 1 fully saturated rings. The van der Waals surface area contributed by atoms with E-state index < -0.39 is 10.0 Å². The number of hydrogen-bond acceptors (Lipinski definition) is 4. The molecule has 1 atom stereocenters. The van der Waals surface area contributed by atoms with E-state index >= 15 is 0 Å². The maximum absolute atomic E-state index is 12.7. The lowest BCUT2D eigenvalue weighted by Gasteiger charge is -2.32. The quantitative estimate of drug-likeness (QED) is 0.847. The lowest BCUT2D eigenvalue weighted by atomic mass is 10.00. The molecule has 2 aromatic rings. The molecule has 4 rings (SSSR count). The number of benzene rings is 2. The Balaban J connectivity index is 1.50. The molecule has 0 aromatic heterocycles. The van der Waals surface area contributed by atoms with Crippen LogP contribution >= 0.6 is 0 Å². The van der Waals surface area contributed by atoms with Gasteiger partial charge in [-0.1, -0.05) is 6.92 Å². The number of rotatable bonds is 4. The van der Waals surface area contributed by atoms with Crippen LogP contribution in [0.15, 0.2) is 47.4 Å². The summed E-state index contributed by atoms with van der Waals surface area (Å²) in [6.45, 7) is 4.33. The van der Waals surface area contributed by atoms with Gasteiger partial charge in [0.15, 0.2) is 0 Å². The van der Waals surface area contributed by atoms with E-state index in [0.29, 0.717) is 22.9 Å². The molecule has 2 aromatic carbocycles. The molecule has 1 unspecified atom stereocenters. The first kappa shape index (κ1) is 17.9. The molecular formula is C20H23N3O3S. The number of sulfonamides is 1. The van der Waals surface area contributed by atoms with Gasteiger partial charge in [-0.3, -0.25) is 9.52 Å². The van der Waals surface area contributed by atoms with E-state index in [1.807, 2.05) is 12.1 Å². The van der Waals surface area contributed by atoms with Crippen molar-refractivity contribution in [2.24, 2.45) is 5.92 Å². The Morgan fingerprint density at radius 2 is 1.93 bits per heavy atom. The monoisotopic (exact) mass is 385 g/mol. The Bertz CT molecular complexity index is 970. The number of carbonyl (C=O) groups is 1. The number of anilines is 3. The first-order valence-corrected chi connectivity index (χ1v) is 10.7. The number of carbonyl (C=O) groups excluding carboxylic acids is 1. The van der Waals surface area contributed by atoms with Gasteiger partial charge in [0.2, 0.25) is 5.91 Å². The Kier molecular flexibility index (Phi) is 4.55. The van der Waals surface area contributed by atoms with E-state index in [1.165, 1.54) is 18.9 Å². The molecule has 2 aliphatic rings. The molecule has 0 radical (unpaired) electrons. The minimum atomic E-state index is -3.70. The van der Waals surface area contributed by atoms with Gasteiger partial charge >= 0.3 is 0 Å². The summed E-state index contributed by atoms with van der Waals surface area (Å²) in [6.07, 6.45) is 2.66. The minimum absolute atomic E-state index is 0.116. The summed E-state index contributed by atoms with van der Waals surface area (Å²) in [7, 11) is -3.70. The predicted molar refractivity (Wildman–Crippen MR) is 107 cm³/mol. The van der Waals surface area contributed by atoms with Gasteiger partial charge in [0.1, 0.15) is 0 Å². The van der Waals surface area contributed by atoms with E-state index in [9.17, 15) is 13.2 Å². The molecule has 1 saturated heterocycles. The molecule has 7 heteroatoms. The van der Waals surface area contributed by atoms with Crippen LogP contribution < -0.4 is 14.9 Å². The van der Waals surface area contributed by atoms with Gasteiger partial charge in [0.05, 0.1) is 11.3 Å². The van der Waals surface area contributed by atoms with Crippen molar-refractivity contribution in [3.63, 3.8) is 0 Å². The topological polar surface area (TPSA) is 78.5 Å². The van der Waals surface area contributed by atoms with Gasteiger partial charge in [-0.15, -0.1) is 0 Å². The van der Waals surface area contributed by atoms with Crippen molar-refractivity contribution in [1.82, 2.24) is 0 Å². The second-order valence-electron chi connectivity index (χ2n) is 7.39. The number of nitrogens with zero attached hydrogens (tertiary/aromatic N) is 1. The predicted octanol–water partition coefficient (Wildman–Crippen LogP) is 3.22. The zero-order valence-corrected chi connectivity index (χ0v) is 16.1. The van der Waals surface area contributed by atoms with Crippen molar-refractivity contribution in [3.8, 4) is 0 Å². The lowest BCUT2D eigenvalue weighted by Crippen LogP contribution is -2.34. The highest BCUT2D eigenvalue weighted by Crippen LogP contribution is 2.28. The molecule has 1 amide bonds. The fourth-order valence-electron chi connectivity index (χ4n) is 3.75. The number of amides is 1. The highest BCUT2D eigenvalue weighted by atomic mass is 32.2. The summed E-state index contributed by atoms with van der Waals surface area (Å²) in [6, 6.07) is 12.2. The third kappa shape index (κ3) is 3.78. The van der Waals surface area contributed by atoms with E-state index in [1.54, 1.807) is 24.3 Å². The third-order valence-electron chi connectivity index (χ3n) is 5.15. The largest absolute Gasteiger partial charge is 0.371 e. The van der Waals surface area contributed by atoms with Gasteiger partial charge in [-0.05, 0) is 66.8 Å². The van der Waals surface area contributed by atoms with Crippen molar-refractivity contribution in [3.05, 3.63) is 48.0 Å². The van der Waals surface area contributed by atoms with Crippen molar-refractivity contribution in [2.45, 2.75) is 31.1 Å². The molecule has 0 aliphatic carbocycles. The average Bonchev–Trinajstić information content (AvgIpc) is 3.01. The SMILES string of the molecule is CC1CCCN(c2ccc(NS(=O)(=O)c3ccc4c(c3)CC(=O)N4)cc2)C1. The Labute approximate surface area is 159 Å². The molecule has 0 saturated carbocycles. The molecular weight excluding hydrogens is 362 g/mol. The van der Waals surface area contributed by atoms with Crippen molar-refractivity contribution < 1.29 is 13.2 Å². The van der Waals surface area contributed by atoms with Gasteiger partial charge < -0.3 is 10.2 Å². The normalized spacial score (nSPS) is 19.5. The maximum Gasteiger partial charge on any atom is 0.261 e. The summed E-state index contributed by atoms with van der Waals surface area (Å²) in [5, 5.41) is 2.71. The molecule has 142 valence electrons.